The molecule has 28 heavy (non-hydrogen) atoms. The van der Waals surface area contributed by atoms with E-state index in [2.05, 4.69) is 15.3 Å². The molecule has 0 aliphatic carbocycles. The number of hydrogen-bond donors (Lipinski definition) is 1. The van der Waals surface area contributed by atoms with Crippen molar-refractivity contribution in [3.05, 3.63) is 75.1 Å². The van der Waals surface area contributed by atoms with Crippen molar-refractivity contribution in [1.82, 2.24) is 14.5 Å². The third-order valence-electron chi connectivity index (χ3n) is 4.09. The number of hydrogen-bond acceptors (Lipinski definition) is 5. The summed E-state index contributed by atoms with van der Waals surface area (Å²) >= 11 is 0. The number of aryl methyl sites for hydroxylation is 2. The van der Waals surface area contributed by atoms with Gasteiger partial charge in [0.25, 0.3) is 0 Å². The van der Waals surface area contributed by atoms with Crippen molar-refractivity contribution in [3.8, 4) is 5.88 Å². The lowest BCUT2D eigenvalue weighted by molar-refractivity contribution is 0.394. The topological polar surface area (TPSA) is 69.0 Å². The highest BCUT2D eigenvalue weighted by Crippen LogP contribution is 2.24. The summed E-state index contributed by atoms with van der Waals surface area (Å²) in [7, 11) is 1.50. The van der Waals surface area contributed by atoms with Crippen LogP contribution in [0.5, 0.6) is 5.88 Å². The quantitative estimate of drug-likeness (QED) is 0.723. The molecule has 1 N–H and O–H groups in total. The van der Waals surface area contributed by atoms with Crippen molar-refractivity contribution >= 4 is 11.6 Å². The van der Waals surface area contributed by atoms with Crippen LogP contribution in [0.4, 0.5) is 24.8 Å². The summed E-state index contributed by atoms with van der Waals surface area (Å²) in [5, 5.41) is 2.95. The van der Waals surface area contributed by atoms with E-state index in [4.69, 9.17) is 4.74 Å². The maximum atomic E-state index is 13.8. The van der Waals surface area contributed by atoms with Crippen molar-refractivity contribution in [2.45, 2.75) is 20.4 Å². The second kappa shape index (κ2) is 7.71. The van der Waals surface area contributed by atoms with E-state index in [1.807, 2.05) is 0 Å². The van der Waals surface area contributed by atoms with Gasteiger partial charge in [0.05, 0.1) is 25.0 Å². The van der Waals surface area contributed by atoms with E-state index in [0.717, 1.165) is 23.9 Å². The van der Waals surface area contributed by atoms with Crippen molar-refractivity contribution in [2.24, 2.45) is 0 Å². The molecule has 1 aromatic carbocycles. The van der Waals surface area contributed by atoms with Crippen LogP contribution < -0.4 is 15.6 Å². The van der Waals surface area contributed by atoms with Crippen LogP contribution in [0.1, 0.15) is 16.8 Å². The van der Waals surface area contributed by atoms with Crippen LogP contribution in [0.15, 0.2) is 35.3 Å². The van der Waals surface area contributed by atoms with Gasteiger partial charge in [-0.1, -0.05) is 6.07 Å². The zero-order chi connectivity index (χ0) is 20.4. The van der Waals surface area contributed by atoms with Crippen LogP contribution in [-0.4, -0.2) is 21.6 Å². The molecule has 3 rings (SSSR count). The summed E-state index contributed by atoms with van der Waals surface area (Å²) in [6.45, 7) is 3.49. The highest BCUT2D eigenvalue weighted by Gasteiger charge is 2.13. The maximum Gasteiger partial charge on any atom is 0.310 e. The second-order valence-electron chi connectivity index (χ2n) is 6.17. The molecular weight excluding hydrogens is 373 g/mol. The van der Waals surface area contributed by atoms with E-state index in [-0.39, 0.29) is 12.5 Å². The maximum absolute atomic E-state index is 13.8. The summed E-state index contributed by atoms with van der Waals surface area (Å²) in [5.41, 5.74) is 1.18. The molecule has 0 radical (unpaired) electrons. The molecule has 0 saturated carbocycles. The zero-order valence-electron chi connectivity index (χ0n) is 15.4. The van der Waals surface area contributed by atoms with E-state index in [9.17, 15) is 18.0 Å². The van der Waals surface area contributed by atoms with Crippen molar-refractivity contribution in [1.29, 1.82) is 0 Å². The molecule has 2 heterocycles. The fourth-order valence-electron chi connectivity index (χ4n) is 2.66. The minimum atomic E-state index is -1.06. The van der Waals surface area contributed by atoms with Crippen molar-refractivity contribution in [3.63, 3.8) is 0 Å². The average Bonchev–Trinajstić information content (AvgIpc) is 2.65. The number of pyridine rings is 1. The third-order valence-corrected chi connectivity index (χ3v) is 4.09. The Hall–Kier alpha value is -3.36. The molecule has 0 unspecified atom stereocenters. The highest BCUT2D eigenvalue weighted by molar-refractivity contribution is 5.59. The lowest BCUT2D eigenvalue weighted by atomic mass is 10.2. The van der Waals surface area contributed by atoms with Gasteiger partial charge < -0.3 is 14.6 Å². The molecule has 0 amide bonds. The van der Waals surface area contributed by atoms with Crippen LogP contribution in [0.3, 0.4) is 0 Å². The Balaban J connectivity index is 2.01. The average molecular weight is 390 g/mol. The van der Waals surface area contributed by atoms with Gasteiger partial charge in [-0.2, -0.15) is 9.37 Å². The number of benzene rings is 1. The Bertz CT molecular complexity index is 1100. The molecule has 6 nitrogen and oxygen atoms in total. The summed E-state index contributed by atoms with van der Waals surface area (Å²) < 4.78 is 46.9. The number of nitrogens with zero attached hydrogens (tertiary/aromatic N) is 3. The van der Waals surface area contributed by atoms with Gasteiger partial charge in [0.2, 0.25) is 17.6 Å². The first-order valence-corrected chi connectivity index (χ1v) is 8.28. The molecule has 9 heteroatoms. The molecule has 0 saturated heterocycles. The lowest BCUT2D eigenvalue weighted by Crippen LogP contribution is -2.20. The monoisotopic (exact) mass is 390 g/mol. The van der Waals surface area contributed by atoms with Gasteiger partial charge in [0.1, 0.15) is 0 Å². The minimum absolute atomic E-state index is 0.0330. The minimum Gasteiger partial charge on any atom is -0.481 e. The molecule has 2 aromatic heterocycles. The smallest absolute Gasteiger partial charge is 0.310 e. The second-order valence-corrected chi connectivity index (χ2v) is 6.17. The number of aromatic nitrogens is 3. The molecule has 0 aliphatic rings. The van der Waals surface area contributed by atoms with E-state index in [0.29, 0.717) is 22.8 Å². The molecular formula is C19H17F3N4O2. The Morgan fingerprint density at radius 1 is 1.07 bits per heavy atom. The fourth-order valence-corrected chi connectivity index (χ4v) is 2.66. The van der Waals surface area contributed by atoms with Gasteiger partial charge in [0, 0.05) is 11.8 Å². The van der Waals surface area contributed by atoms with Crippen LogP contribution >= 0.6 is 0 Å². The largest absolute Gasteiger partial charge is 0.481 e. The number of nitrogens with one attached hydrogen (secondary N) is 1. The summed E-state index contributed by atoms with van der Waals surface area (Å²) in [6.07, 6.45) is 0.956. The molecule has 0 fully saturated rings. The van der Waals surface area contributed by atoms with Gasteiger partial charge in [-0.05, 0) is 37.6 Å². The first-order valence-electron chi connectivity index (χ1n) is 8.28. The van der Waals surface area contributed by atoms with Crippen molar-refractivity contribution < 1.29 is 17.9 Å². The van der Waals surface area contributed by atoms with Gasteiger partial charge in [0.15, 0.2) is 11.6 Å². The molecule has 146 valence electrons. The lowest BCUT2D eigenvalue weighted by Gasteiger charge is -2.16. The molecule has 0 bridgehead atoms. The van der Waals surface area contributed by atoms with Crippen LogP contribution in [-0.2, 0) is 6.54 Å². The SMILES string of the molecule is COc1nc(C)c(Nc2nc(=O)c(F)cn2Cc2ccc(F)c(F)c2)cc1C. The van der Waals surface area contributed by atoms with Crippen LogP contribution in [0.2, 0.25) is 0 Å². The molecule has 3 aromatic rings. The number of rotatable bonds is 5. The highest BCUT2D eigenvalue weighted by atomic mass is 19.2. The fraction of sp³-hybridized carbons (Fsp3) is 0.211. The summed E-state index contributed by atoms with van der Waals surface area (Å²) in [6, 6.07) is 5.09. The number of halogens is 3. The van der Waals surface area contributed by atoms with Crippen LogP contribution in [0, 0.1) is 31.3 Å². The third kappa shape index (κ3) is 3.98. The van der Waals surface area contributed by atoms with E-state index in [1.165, 1.54) is 17.7 Å². The Morgan fingerprint density at radius 3 is 2.50 bits per heavy atom. The zero-order valence-corrected chi connectivity index (χ0v) is 15.4. The van der Waals surface area contributed by atoms with E-state index >= 15 is 0 Å². The van der Waals surface area contributed by atoms with Gasteiger partial charge in [-0.15, -0.1) is 0 Å². The Labute approximate surface area is 158 Å². The summed E-state index contributed by atoms with van der Waals surface area (Å²) in [5.74, 6) is -2.58. The van der Waals surface area contributed by atoms with Crippen LogP contribution in [0.25, 0.3) is 0 Å². The van der Waals surface area contributed by atoms with Crippen molar-refractivity contribution in [2.75, 3.05) is 12.4 Å². The Kier molecular flexibility index (Phi) is 5.34. The Morgan fingerprint density at radius 2 is 1.82 bits per heavy atom. The predicted molar refractivity (Wildman–Crippen MR) is 97.5 cm³/mol. The number of anilines is 2. The predicted octanol–water partition coefficient (Wildman–Crippen LogP) is 3.47. The van der Waals surface area contributed by atoms with Gasteiger partial charge in [-0.3, -0.25) is 4.79 Å². The van der Waals surface area contributed by atoms with E-state index in [1.54, 1.807) is 19.9 Å². The number of ether oxygens (including phenoxy) is 1. The molecule has 0 atom stereocenters. The van der Waals surface area contributed by atoms with Gasteiger partial charge >= 0.3 is 5.56 Å². The standard InChI is InChI=1S/C19H17F3N4O2/c1-10-6-16(11(2)23-18(10)28-3)24-19-25-17(27)15(22)9-26(19)8-12-4-5-13(20)14(21)7-12/h4-7,9H,8H2,1-3H3,(H,24,25,27). The molecule has 0 aliphatic heterocycles. The first-order chi connectivity index (χ1) is 13.3. The number of methoxy groups -OCH3 is 1. The normalized spacial score (nSPS) is 10.8. The van der Waals surface area contributed by atoms with E-state index < -0.39 is 23.0 Å². The first kappa shape index (κ1) is 19.4. The molecule has 0 spiro atoms. The summed E-state index contributed by atoms with van der Waals surface area (Å²) in [4.78, 5) is 19.7. The van der Waals surface area contributed by atoms with Gasteiger partial charge in [-0.25, -0.2) is 13.8 Å².